The van der Waals surface area contributed by atoms with Crippen LogP contribution in [-0.2, 0) is 39.4 Å². The van der Waals surface area contributed by atoms with E-state index in [1.807, 2.05) is 12.1 Å². The van der Waals surface area contributed by atoms with Crippen LogP contribution in [0.1, 0.15) is 93.0 Å². The lowest BCUT2D eigenvalue weighted by Crippen LogP contribution is -2.46. The minimum absolute atomic E-state index is 0.0211. The molecule has 3 N–H and O–H groups in total. The van der Waals surface area contributed by atoms with Gasteiger partial charge in [-0.3, -0.25) is 9.69 Å². The van der Waals surface area contributed by atoms with Crippen LogP contribution in [0.4, 0.5) is 45.0 Å². The Hall–Kier alpha value is -6.05. The molecule has 1 aliphatic heterocycles. The lowest BCUT2D eigenvalue weighted by Gasteiger charge is -2.34. The summed E-state index contributed by atoms with van der Waals surface area (Å²) in [6, 6.07) is 15.7. The number of anilines is 4. The highest BCUT2D eigenvalue weighted by Gasteiger charge is 2.35. The van der Waals surface area contributed by atoms with Gasteiger partial charge in [0.25, 0.3) is 5.92 Å². The van der Waals surface area contributed by atoms with Crippen LogP contribution in [0.2, 0.25) is 0 Å². The lowest BCUT2D eigenvalue weighted by atomic mass is 9.95. The first-order chi connectivity index (χ1) is 33.7. The number of halogens is 5. The zero-order chi connectivity index (χ0) is 49.8. The fourth-order valence-electron chi connectivity index (χ4n) is 9.46. The topological polar surface area (TPSA) is 149 Å². The number of carbonyl (C=O) groups excluding carboxylic acids is 2. The number of likely N-dealkylation sites (N-methyl/N-ethyl adjacent to an activating group) is 1. The van der Waals surface area contributed by atoms with Crippen molar-refractivity contribution in [2.24, 2.45) is 5.29 Å². The summed E-state index contributed by atoms with van der Waals surface area (Å²) in [5.41, 5.74) is 3.82. The SMILES string of the molecule is CNC(=O)C(CCC=O)N(N=O)c1ccc(CCCOCCCN2CCN(Cc3ccc(-c4cn(C5CCCCC5)c5nc(Nc6cc(C(C)(F)F)cc(C(F)(F)F)c6)ncc45)cc3)CC2)cc1NC. The Morgan fingerprint density at radius 1 is 0.914 bits per heavy atom. The Labute approximate surface area is 405 Å². The minimum atomic E-state index is -4.82. The molecule has 1 aliphatic carbocycles. The second kappa shape index (κ2) is 23.7. The van der Waals surface area contributed by atoms with Gasteiger partial charge in [-0.05, 0) is 85.5 Å². The first kappa shape index (κ1) is 51.8. The maximum Gasteiger partial charge on any atom is 0.416 e. The molecule has 3 heterocycles. The largest absolute Gasteiger partial charge is 0.416 e. The van der Waals surface area contributed by atoms with Crippen LogP contribution in [0.25, 0.3) is 22.2 Å². The van der Waals surface area contributed by atoms with Gasteiger partial charge in [0.05, 0.1) is 22.2 Å². The van der Waals surface area contributed by atoms with Crippen molar-refractivity contribution < 1.29 is 36.3 Å². The van der Waals surface area contributed by atoms with Crippen molar-refractivity contribution in [2.45, 2.75) is 102 Å². The first-order valence-electron chi connectivity index (χ1n) is 24.1. The number of hydrogen-bond acceptors (Lipinski definition) is 11. The second-order valence-electron chi connectivity index (χ2n) is 18.3. The lowest BCUT2D eigenvalue weighted by molar-refractivity contribution is -0.137. The van der Waals surface area contributed by atoms with E-state index in [1.54, 1.807) is 19.3 Å². The molecule has 70 heavy (non-hydrogen) atoms. The predicted molar refractivity (Wildman–Crippen MR) is 262 cm³/mol. The molecule has 2 aliphatic rings. The summed E-state index contributed by atoms with van der Waals surface area (Å²) in [5, 5.41) is 13.5. The molecule has 19 heteroatoms. The van der Waals surface area contributed by atoms with Crippen LogP contribution in [-0.4, -0.2) is 103 Å². The third-order valence-corrected chi connectivity index (χ3v) is 13.3. The first-order valence-corrected chi connectivity index (χ1v) is 24.1. The number of nitroso groups, excluding NO2 is 1. The van der Waals surface area contributed by atoms with Crippen molar-refractivity contribution in [2.75, 3.05) is 75.7 Å². The second-order valence-corrected chi connectivity index (χ2v) is 18.3. The van der Waals surface area contributed by atoms with Crippen LogP contribution in [0.3, 0.4) is 0 Å². The summed E-state index contributed by atoms with van der Waals surface area (Å²) in [7, 11) is 3.22. The Balaban J connectivity index is 0.882. The zero-order valence-electron chi connectivity index (χ0n) is 40.0. The summed E-state index contributed by atoms with van der Waals surface area (Å²) in [5.74, 6) is -3.86. The maximum absolute atomic E-state index is 14.3. The summed E-state index contributed by atoms with van der Waals surface area (Å²) in [4.78, 5) is 49.5. The number of nitrogens with one attached hydrogen (secondary N) is 3. The molecular formula is C51H63F5N10O4. The number of aryl methyl sites for hydroxylation is 1. The molecule has 3 aromatic carbocycles. The number of carbonyl (C=O) groups is 2. The maximum atomic E-state index is 14.3. The monoisotopic (exact) mass is 974 g/mol. The van der Waals surface area contributed by atoms with E-state index >= 15 is 0 Å². The van der Waals surface area contributed by atoms with Crippen molar-refractivity contribution in [3.8, 4) is 11.1 Å². The molecular weight excluding hydrogens is 912 g/mol. The molecule has 14 nitrogen and oxygen atoms in total. The molecule has 1 atom stereocenters. The molecule has 376 valence electrons. The fraction of sp³-hybridized carbons (Fsp3) is 0.490. The number of ether oxygens (including phenoxy) is 1. The number of aromatic nitrogens is 3. The highest BCUT2D eigenvalue weighted by molar-refractivity contribution is 5.94. The van der Waals surface area contributed by atoms with Gasteiger partial charge in [-0.1, -0.05) is 49.6 Å². The average molecular weight is 975 g/mol. The molecule has 0 bridgehead atoms. The minimum Gasteiger partial charge on any atom is -0.386 e. The fourth-order valence-corrected chi connectivity index (χ4v) is 9.46. The molecule has 5 aromatic rings. The summed E-state index contributed by atoms with van der Waals surface area (Å²) < 4.78 is 77.8. The van der Waals surface area contributed by atoms with Gasteiger partial charge in [0.2, 0.25) is 11.9 Å². The van der Waals surface area contributed by atoms with Gasteiger partial charge in [-0.15, -0.1) is 4.91 Å². The van der Waals surface area contributed by atoms with Crippen molar-refractivity contribution in [3.63, 3.8) is 0 Å². The normalized spacial score (nSPS) is 15.7. The van der Waals surface area contributed by atoms with Gasteiger partial charge >= 0.3 is 6.18 Å². The molecule has 1 saturated heterocycles. The van der Waals surface area contributed by atoms with E-state index in [9.17, 15) is 36.4 Å². The summed E-state index contributed by atoms with van der Waals surface area (Å²) >= 11 is 0. The van der Waals surface area contributed by atoms with E-state index in [4.69, 9.17) is 9.72 Å². The molecule has 7 rings (SSSR count). The third-order valence-electron chi connectivity index (χ3n) is 13.3. The van der Waals surface area contributed by atoms with Crippen molar-refractivity contribution >= 4 is 46.2 Å². The smallest absolute Gasteiger partial charge is 0.386 e. The molecule has 2 fully saturated rings. The zero-order valence-corrected chi connectivity index (χ0v) is 40.0. The molecule has 0 radical (unpaired) electrons. The van der Waals surface area contributed by atoms with E-state index in [2.05, 4.69) is 71.0 Å². The van der Waals surface area contributed by atoms with E-state index in [0.29, 0.717) is 49.5 Å². The average Bonchev–Trinajstić information content (AvgIpc) is 3.74. The Morgan fingerprint density at radius 2 is 1.61 bits per heavy atom. The number of hydrogen-bond donors (Lipinski definition) is 3. The van der Waals surface area contributed by atoms with E-state index in [1.165, 1.54) is 12.6 Å². The highest BCUT2D eigenvalue weighted by Crippen LogP contribution is 2.40. The number of nitrogens with zero attached hydrogens (tertiary/aromatic N) is 7. The van der Waals surface area contributed by atoms with Crippen LogP contribution in [0.15, 0.2) is 78.3 Å². The number of piperazine rings is 1. The van der Waals surface area contributed by atoms with Gasteiger partial charge in [-0.2, -0.15) is 18.2 Å². The van der Waals surface area contributed by atoms with Crippen molar-refractivity contribution in [1.82, 2.24) is 29.7 Å². The molecule has 1 saturated carbocycles. The van der Waals surface area contributed by atoms with Gasteiger partial charge < -0.3 is 34.9 Å². The number of alkyl halides is 5. The quantitative estimate of drug-likeness (QED) is 0.0189. The van der Waals surface area contributed by atoms with Gasteiger partial charge in [0.1, 0.15) is 18.0 Å². The Morgan fingerprint density at radius 3 is 2.29 bits per heavy atom. The van der Waals surface area contributed by atoms with Gasteiger partial charge in [0, 0.05) is 121 Å². The van der Waals surface area contributed by atoms with Gasteiger partial charge in [0.15, 0.2) is 0 Å². The number of amides is 1. The van der Waals surface area contributed by atoms with Crippen molar-refractivity contribution in [1.29, 1.82) is 0 Å². The highest BCUT2D eigenvalue weighted by atomic mass is 19.4. The number of rotatable bonds is 23. The molecule has 2 aromatic heterocycles. The van der Waals surface area contributed by atoms with E-state index < -0.39 is 35.2 Å². The number of aldehydes is 1. The third kappa shape index (κ3) is 13.2. The van der Waals surface area contributed by atoms with Gasteiger partial charge in [-0.25, -0.2) is 18.8 Å². The van der Waals surface area contributed by atoms with E-state index in [0.717, 1.165) is 130 Å². The van der Waals surface area contributed by atoms with Crippen molar-refractivity contribution in [3.05, 3.63) is 100 Å². The number of benzene rings is 3. The van der Waals surface area contributed by atoms with Crippen LogP contribution >= 0.6 is 0 Å². The number of fused-ring (bicyclic) bond motifs is 1. The predicted octanol–water partition coefficient (Wildman–Crippen LogP) is 10.3. The standard InChI is InChI=1S/C51H63F5N10O4/c1-50(52,53)38-29-39(51(54,55)56)31-40(30-38)60-49-59-32-42-43(34-65(47(42)61-49)41-11-5-4-6-12-41)37-17-14-36(15-18-37)33-64-23-21-63(22-24-64)20-9-27-70-26-8-10-35-16-19-45(44(28-35)57-2)66(62-69)46(13-7-25-67)48(68)58-3/h14-19,25,28-32,34,41,46,57H,4-13,20-24,26-27,33H2,1-3H3,(H,58,68)(H,59,60,61). The van der Waals surface area contributed by atoms with E-state index in [-0.39, 0.29) is 30.5 Å². The van der Waals surface area contributed by atoms with Crippen LogP contribution in [0.5, 0.6) is 0 Å². The Kier molecular flexibility index (Phi) is 17.5. The summed E-state index contributed by atoms with van der Waals surface area (Å²) in [6.07, 6.45) is 7.68. The summed E-state index contributed by atoms with van der Waals surface area (Å²) in [6.45, 7) is 7.47. The van der Waals surface area contributed by atoms with Crippen LogP contribution in [0, 0.1) is 4.91 Å². The van der Waals surface area contributed by atoms with Crippen LogP contribution < -0.4 is 21.0 Å². The molecule has 1 amide bonds. The molecule has 1 unspecified atom stereocenters. The molecule has 0 spiro atoms. The Bertz CT molecular complexity index is 2500.